The maximum Gasteiger partial charge on any atom is 0.246 e. The average Bonchev–Trinajstić information content (AvgIpc) is 3.46. The van der Waals surface area contributed by atoms with Gasteiger partial charge < -0.3 is 28.3 Å². The Bertz CT molecular complexity index is 1730. The first-order chi connectivity index (χ1) is 20.0. The van der Waals surface area contributed by atoms with Gasteiger partial charge in [0.25, 0.3) is 0 Å². The van der Waals surface area contributed by atoms with Crippen LogP contribution in [0.4, 0.5) is 0 Å². The van der Waals surface area contributed by atoms with Crippen molar-refractivity contribution in [3.63, 3.8) is 0 Å². The van der Waals surface area contributed by atoms with Gasteiger partial charge in [0.2, 0.25) is 24.0 Å². The highest BCUT2D eigenvalue weighted by atomic mass is 16.7. The second-order valence-corrected chi connectivity index (χ2v) is 9.60. The standard InChI is InChI=1S/C31H26N2O8/c1-37-21-9-7-20(8-10-21)30(35)24-14-33(25-13-27-26(39-18-40-27)12-23(25)31(24)36)15-28(34)32-29-17-38-16-22(41-29)11-19-5-3-2-4-6-19/h2-3,5,7-10,12-14,16-17H,4,6,11,15,18H2,1H3,(H,32,34). The average molecular weight is 555 g/mol. The number of nitrogens with zero attached hydrogens (tertiary/aromatic N) is 1. The third-order valence-electron chi connectivity index (χ3n) is 6.86. The van der Waals surface area contributed by atoms with Crippen molar-refractivity contribution in [1.29, 1.82) is 0 Å². The van der Waals surface area contributed by atoms with Crippen molar-refractivity contribution in [2.75, 3.05) is 13.9 Å². The van der Waals surface area contributed by atoms with E-state index >= 15 is 0 Å². The number of aromatic nitrogens is 1. The van der Waals surface area contributed by atoms with Crippen molar-refractivity contribution < 1.29 is 33.3 Å². The van der Waals surface area contributed by atoms with Crippen molar-refractivity contribution in [2.24, 2.45) is 0 Å². The molecule has 3 aromatic rings. The van der Waals surface area contributed by atoms with E-state index < -0.39 is 17.1 Å². The molecule has 0 spiro atoms. The lowest BCUT2D eigenvalue weighted by Crippen LogP contribution is -2.30. The Morgan fingerprint density at radius 3 is 2.63 bits per heavy atom. The van der Waals surface area contributed by atoms with Crippen LogP contribution in [0.15, 0.2) is 95.4 Å². The van der Waals surface area contributed by atoms with E-state index in [1.165, 1.54) is 42.0 Å². The molecule has 41 heavy (non-hydrogen) atoms. The zero-order valence-corrected chi connectivity index (χ0v) is 22.2. The number of rotatable bonds is 8. The summed E-state index contributed by atoms with van der Waals surface area (Å²) in [6.07, 6.45) is 12.8. The molecule has 3 heterocycles. The van der Waals surface area contributed by atoms with Crippen LogP contribution >= 0.6 is 0 Å². The number of carbonyl (C=O) groups excluding carboxylic acids is 2. The van der Waals surface area contributed by atoms with Crippen molar-refractivity contribution in [3.05, 3.63) is 112 Å². The zero-order valence-electron chi connectivity index (χ0n) is 22.2. The predicted octanol–water partition coefficient (Wildman–Crippen LogP) is 4.44. The predicted molar refractivity (Wildman–Crippen MR) is 148 cm³/mol. The molecular weight excluding hydrogens is 528 g/mol. The number of amides is 1. The lowest BCUT2D eigenvalue weighted by molar-refractivity contribution is -0.121. The Hall–Kier alpha value is -5.25. The molecule has 1 N–H and O–H groups in total. The summed E-state index contributed by atoms with van der Waals surface area (Å²) in [6, 6.07) is 9.61. The Kier molecular flexibility index (Phi) is 7.03. The van der Waals surface area contributed by atoms with Crippen LogP contribution in [0, 0.1) is 0 Å². The third-order valence-corrected chi connectivity index (χ3v) is 6.86. The minimum atomic E-state index is -0.486. The quantitative estimate of drug-likeness (QED) is 0.407. The van der Waals surface area contributed by atoms with E-state index in [9.17, 15) is 14.4 Å². The number of nitrogens with one attached hydrogen (secondary N) is 1. The van der Waals surface area contributed by atoms with E-state index in [-0.39, 0.29) is 30.2 Å². The van der Waals surface area contributed by atoms with Gasteiger partial charge in [-0.3, -0.25) is 19.7 Å². The Balaban J connectivity index is 1.27. The maximum atomic E-state index is 13.5. The van der Waals surface area contributed by atoms with Crippen LogP contribution in [0.2, 0.25) is 0 Å². The summed E-state index contributed by atoms with van der Waals surface area (Å²) in [7, 11) is 1.53. The summed E-state index contributed by atoms with van der Waals surface area (Å²) in [5.41, 5.74) is 1.34. The van der Waals surface area contributed by atoms with Gasteiger partial charge in [-0.2, -0.15) is 0 Å². The van der Waals surface area contributed by atoms with Crippen LogP contribution in [0.25, 0.3) is 10.9 Å². The van der Waals surface area contributed by atoms with Gasteiger partial charge in [-0.1, -0.05) is 23.8 Å². The molecule has 6 rings (SSSR count). The summed E-state index contributed by atoms with van der Waals surface area (Å²) in [5, 5.41) is 2.93. The summed E-state index contributed by atoms with van der Waals surface area (Å²) >= 11 is 0. The number of ether oxygens (including phenoxy) is 5. The largest absolute Gasteiger partial charge is 0.497 e. The van der Waals surface area contributed by atoms with E-state index in [2.05, 4.69) is 11.4 Å². The first kappa shape index (κ1) is 26.0. The molecule has 1 aliphatic carbocycles. The lowest BCUT2D eigenvalue weighted by atomic mass is 10.0. The van der Waals surface area contributed by atoms with Crippen molar-refractivity contribution >= 4 is 22.6 Å². The number of hydrogen-bond acceptors (Lipinski definition) is 8. The fraction of sp³-hybridized carbons (Fsp3) is 0.194. The summed E-state index contributed by atoms with van der Waals surface area (Å²) in [5.74, 6) is 1.17. The number of pyridine rings is 1. The molecule has 1 amide bonds. The lowest BCUT2D eigenvalue weighted by Gasteiger charge is -2.19. The number of hydrogen-bond donors (Lipinski definition) is 1. The maximum absolute atomic E-state index is 13.5. The highest BCUT2D eigenvalue weighted by Gasteiger charge is 2.23. The molecule has 10 nitrogen and oxygen atoms in total. The van der Waals surface area contributed by atoms with Crippen LogP contribution < -0.4 is 25.0 Å². The first-order valence-corrected chi connectivity index (χ1v) is 13.0. The van der Waals surface area contributed by atoms with E-state index in [1.54, 1.807) is 30.3 Å². The molecule has 0 saturated heterocycles. The second-order valence-electron chi connectivity index (χ2n) is 9.60. The smallest absolute Gasteiger partial charge is 0.246 e. The zero-order chi connectivity index (χ0) is 28.3. The molecule has 2 aliphatic heterocycles. The molecule has 10 heteroatoms. The van der Waals surface area contributed by atoms with Gasteiger partial charge in [0.05, 0.1) is 23.6 Å². The van der Waals surface area contributed by atoms with Crippen LogP contribution in [0.3, 0.4) is 0 Å². The number of benzene rings is 2. The summed E-state index contributed by atoms with van der Waals surface area (Å²) < 4.78 is 28.9. The molecule has 2 aromatic carbocycles. The van der Waals surface area contributed by atoms with E-state index in [0.717, 1.165) is 12.8 Å². The van der Waals surface area contributed by atoms with Crippen LogP contribution in [-0.4, -0.2) is 30.2 Å². The molecule has 0 saturated carbocycles. The Labute approximate surface area is 234 Å². The number of methoxy groups -OCH3 is 1. The van der Waals surface area contributed by atoms with Crippen molar-refractivity contribution in [1.82, 2.24) is 9.88 Å². The fourth-order valence-corrected chi connectivity index (χ4v) is 4.82. The van der Waals surface area contributed by atoms with Gasteiger partial charge in [-0.25, -0.2) is 0 Å². The van der Waals surface area contributed by atoms with Gasteiger partial charge in [0.15, 0.2) is 23.5 Å². The molecule has 0 fully saturated rings. The van der Waals surface area contributed by atoms with Gasteiger partial charge in [0.1, 0.15) is 24.3 Å². The van der Waals surface area contributed by atoms with Crippen LogP contribution in [0.1, 0.15) is 35.2 Å². The molecule has 208 valence electrons. The molecule has 0 atom stereocenters. The molecular formula is C31H26N2O8. The number of fused-ring (bicyclic) bond motifs is 2. The third kappa shape index (κ3) is 5.44. The van der Waals surface area contributed by atoms with Crippen LogP contribution in [0.5, 0.6) is 17.2 Å². The van der Waals surface area contributed by atoms with Gasteiger partial charge in [-0.15, -0.1) is 0 Å². The van der Waals surface area contributed by atoms with Gasteiger partial charge in [0, 0.05) is 24.2 Å². The molecule has 3 aliphatic rings. The highest BCUT2D eigenvalue weighted by molar-refractivity contribution is 6.10. The molecule has 0 unspecified atom stereocenters. The fourth-order valence-electron chi connectivity index (χ4n) is 4.82. The molecule has 1 aromatic heterocycles. The number of carbonyl (C=O) groups is 2. The van der Waals surface area contributed by atoms with E-state index in [4.69, 9.17) is 23.7 Å². The van der Waals surface area contributed by atoms with Crippen molar-refractivity contribution in [3.8, 4) is 17.2 Å². The SMILES string of the molecule is COc1ccc(C(=O)c2cn(CC(=O)NC3=COC=C(CC4=CC=CCC4)O3)c3cc4c(cc3c2=O)OCO4)cc1. The van der Waals surface area contributed by atoms with Gasteiger partial charge in [-0.05, 0) is 43.2 Å². The Morgan fingerprint density at radius 2 is 1.88 bits per heavy atom. The summed E-state index contributed by atoms with van der Waals surface area (Å²) in [6.45, 7) is -0.221. The van der Waals surface area contributed by atoms with Crippen LogP contribution in [-0.2, 0) is 20.8 Å². The van der Waals surface area contributed by atoms with E-state index in [0.29, 0.717) is 40.5 Å². The second kappa shape index (κ2) is 11.1. The molecule has 0 radical (unpaired) electrons. The normalized spacial score (nSPS) is 15.3. The number of allylic oxidation sites excluding steroid dienone is 4. The minimum absolute atomic E-state index is 0.00645. The highest BCUT2D eigenvalue weighted by Crippen LogP contribution is 2.35. The van der Waals surface area contributed by atoms with Gasteiger partial charge >= 0.3 is 0 Å². The molecule has 0 bridgehead atoms. The summed E-state index contributed by atoms with van der Waals surface area (Å²) in [4.78, 5) is 40.1. The first-order valence-electron chi connectivity index (χ1n) is 13.0. The monoisotopic (exact) mass is 554 g/mol. The van der Waals surface area contributed by atoms with E-state index in [1.807, 2.05) is 12.2 Å². The topological polar surface area (TPSA) is 114 Å². The Morgan fingerprint density at radius 1 is 1.07 bits per heavy atom. The minimum Gasteiger partial charge on any atom is -0.497 e. The van der Waals surface area contributed by atoms with Crippen molar-refractivity contribution in [2.45, 2.75) is 25.8 Å². The number of ketones is 1.